The summed E-state index contributed by atoms with van der Waals surface area (Å²) in [5.74, 6) is 1.56. The Labute approximate surface area is 205 Å². The van der Waals surface area contributed by atoms with Crippen molar-refractivity contribution in [3.63, 3.8) is 0 Å². The van der Waals surface area contributed by atoms with E-state index in [1.165, 1.54) is 0 Å². The predicted molar refractivity (Wildman–Crippen MR) is 133 cm³/mol. The summed E-state index contributed by atoms with van der Waals surface area (Å²) in [6.07, 6.45) is 1.85. The molecule has 0 fully saturated rings. The lowest BCUT2D eigenvalue weighted by molar-refractivity contribution is -0.132. The number of nitrogens with zero attached hydrogens (tertiary/aromatic N) is 4. The Morgan fingerprint density at radius 1 is 1.11 bits per heavy atom. The quantitative estimate of drug-likeness (QED) is 0.543. The molecule has 2 aliphatic rings. The maximum atomic E-state index is 13.1. The number of hydrogen-bond acceptors (Lipinski definition) is 5. The highest BCUT2D eigenvalue weighted by Gasteiger charge is 2.26. The SMILES string of the molecule is COc1ccc(-c2cc3n(n2)CCCN(C(=O)CCCN2C(=O)COc4ccc(C)cc42)C3)cc1. The fourth-order valence-corrected chi connectivity index (χ4v) is 4.68. The minimum atomic E-state index is -0.0692. The van der Waals surface area contributed by atoms with Crippen LogP contribution in [0.1, 0.15) is 30.5 Å². The Morgan fingerprint density at radius 3 is 2.74 bits per heavy atom. The summed E-state index contributed by atoms with van der Waals surface area (Å²) in [4.78, 5) is 29.2. The van der Waals surface area contributed by atoms with Gasteiger partial charge in [-0.25, -0.2) is 0 Å². The first kappa shape index (κ1) is 23.0. The summed E-state index contributed by atoms with van der Waals surface area (Å²) < 4.78 is 12.8. The third-order valence-corrected chi connectivity index (χ3v) is 6.58. The molecular formula is C27H30N4O4. The minimum absolute atomic E-state index is 0.0383. The number of aryl methyl sites for hydroxylation is 2. The van der Waals surface area contributed by atoms with Crippen molar-refractivity contribution < 1.29 is 19.1 Å². The smallest absolute Gasteiger partial charge is 0.265 e. The number of aromatic nitrogens is 2. The van der Waals surface area contributed by atoms with Crippen LogP contribution in [0.2, 0.25) is 0 Å². The molecule has 8 nitrogen and oxygen atoms in total. The number of rotatable bonds is 6. The number of carbonyl (C=O) groups is 2. The van der Waals surface area contributed by atoms with E-state index < -0.39 is 0 Å². The molecule has 0 unspecified atom stereocenters. The Hall–Kier alpha value is -3.81. The summed E-state index contributed by atoms with van der Waals surface area (Å²) in [5, 5.41) is 4.77. The molecule has 0 radical (unpaired) electrons. The van der Waals surface area contributed by atoms with Crippen molar-refractivity contribution in [2.75, 3.05) is 31.7 Å². The van der Waals surface area contributed by atoms with Gasteiger partial charge in [0.1, 0.15) is 11.5 Å². The second-order valence-electron chi connectivity index (χ2n) is 9.05. The first-order valence-electron chi connectivity index (χ1n) is 12.0. The van der Waals surface area contributed by atoms with Crippen LogP contribution in [0.4, 0.5) is 5.69 Å². The van der Waals surface area contributed by atoms with Crippen LogP contribution in [-0.2, 0) is 22.7 Å². The zero-order valence-electron chi connectivity index (χ0n) is 20.2. The average Bonchev–Trinajstić information content (AvgIpc) is 3.16. The van der Waals surface area contributed by atoms with Gasteiger partial charge in [-0.2, -0.15) is 5.10 Å². The van der Waals surface area contributed by atoms with Gasteiger partial charge in [-0.15, -0.1) is 0 Å². The summed E-state index contributed by atoms with van der Waals surface area (Å²) in [7, 11) is 1.65. The fourth-order valence-electron chi connectivity index (χ4n) is 4.68. The van der Waals surface area contributed by atoms with Gasteiger partial charge in [0.05, 0.1) is 30.7 Å². The third-order valence-electron chi connectivity index (χ3n) is 6.58. The number of methoxy groups -OCH3 is 1. The van der Waals surface area contributed by atoms with Gasteiger partial charge in [-0.1, -0.05) is 6.07 Å². The molecule has 1 aromatic heterocycles. The highest BCUT2D eigenvalue weighted by molar-refractivity contribution is 5.98. The molecule has 0 spiro atoms. The molecule has 182 valence electrons. The van der Waals surface area contributed by atoms with Crippen LogP contribution < -0.4 is 14.4 Å². The maximum absolute atomic E-state index is 13.1. The van der Waals surface area contributed by atoms with Gasteiger partial charge in [0.25, 0.3) is 5.91 Å². The van der Waals surface area contributed by atoms with Gasteiger partial charge in [0.2, 0.25) is 5.91 Å². The largest absolute Gasteiger partial charge is 0.497 e. The first-order chi connectivity index (χ1) is 17.0. The van der Waals surface area contributed by atoms with E-state index in [1.54, 1.807) is 12.0 Å². The van der Waals surface area contributed by atoms with E-state index in [9.17, 15) is 9.59 Å². The zero-order chi connectivity index (χ0) is 24.4. The van der Waals surface area contributed by atoms with Crippen LogP contribution in [0.25, 0.3) is 11.3 Å². The highest BCUT2D eigenvalue weighted by Crippen LogP contribution is 2.33. The van der Waals surface area contributed by atoms with E-state index >= 15 is 0 Å². The van der Waals surface area contributed by atoms with Crippen LogP contribution in [0.5, 0.6) is 11.5 Å². The Morgan fingerprint density at radius 2 is 1.94 bits per heavy atom. The van der Waals surface area contributed by atoms with E-state index in [2.05, 4.69) is 6.07 Å². The van der Waals surface area contributed by atoms with Crippen molar-refractivity contribution >= 4 is 17.5 Å². The van der Waals surface area contributed by atoms with E-state index in [0.29, 0.717) is 32.5 Å². The van der Waals surface area contributed by atoms with Crippen molar-refractivity contribution in [1.29, 1.82) is 0 Å². The van der Waals surface area contributed by atoms with Crippen molar-refractivity contribution in [3.05, 3.63) is 59.8 Å². The molecule has 0 bridgehead atoms. The number of ether oxygens (including phenoxy) is 2. The summed E-state index contributed by atoms with van der Waals surface area (Å²) in [6, 6.07) is 15.7. The molecule has 8 heteroatoms. The van der Waals surface area contributed by atoms with Crippen molar-refractivity contribution in [3.8, 4) is 22.8 Å². The number of anilines is 1. The molecule has 0 N–H and O–H groups in total. The third kappa shape index (κ3) is 4.87. The lowest BCUT2D eigenvalue weighted by Gasteiger charge is -2.30. The molecule has 0 saturated carbocycles. The summed E-state index contributed by atoms with van der Waals surface area (Å²) in [5.41, 5.74) is 4.82. The molecule has 3 heterocycles. The van der Waals surface area contributed by atoms with Crippen LogP contribution in [0, 0.1) is 6.92 Å². The van der Waals surface area contributed by atoms with Crippen molar-refractivity contribution in [2.45, 2.75) is 39.3 Å². The van der Waals surface area contributed by atoms with Gasteiger partial charge < -0.3 is 19.3 Å². The lowest BCUT2D eigenvalue weighted by atomic mass is 10.1. The summed E-state index contributed by atoms with van der Waals surface area (Å²) in [6.45, 7) is 4.56. The first-order valence-corrected chi connectivity index (χ1v) is 12.0. The predicted octanol–water partition coefficient (Wildman–Crippen LogP) is 3.81. The Kier molecular flexibility index (Phi) is 6.44. The topological polar surface area (TPSA) is 76.9 Å². The highest BCUT2D eigenvalue weighted by atomic mass is 16.5. The van der Waals surface area contributed by atoms with Gasteiger partial charge in [0, 0.05) is 31.6 Å². The second-order valence-corrected chi connectivity index (χ2v) is 9.05. The number of benzene rings is 2. The minimum Gasteiger partial charge on any atom is -0.497 e. The normalized spacial score (nSPS) is 15.2. The van der Waals surface area contributed by atoms with Gasteiger partial charge >= 0.3 is 0 Å². The van der Waals surface area contributed by atoms with Gasteiger partial charge in [-0.05, 0) is 67.8 Å². The van der Waals surface area contributed by atoms with Crippen LogP contribution in [-0.4, -0.2) is 53.3 Å². The number of fused-ring (bicyclic) bond motifs is 2. The molecular weight excluding hydrogens is 444 g/mol. The van der Waals surface area contributed by atoms with Crippen LogP contribution >= 0.6 is 0 Å². The second kappa shape index (κ2) is 9.82. The van der Waals surface area contributed by atoms with E-state index in [1.807, 2.05) is 59.0 Å². The average molecular weight is 475 g/mol. The molecule has 2 aromatic carbocycles. The van der Waals surface area contributed by atoms with E-state index in [0.717, 1.165) is 52.7 Å². The molecule has 0 saturated heterocycles. The van der Waals surface area contributed by atoms with Gasteiger partial charge in [0.15, 0.2) is 6.61 Å². The summed E-state index contributed by atoms with van der Waals surface area (Å²) >= 11 is 0. The Bertz CT molecular complexity index is 1230. The molecule has 0 aliphatic carbocycles. The van der Waals surface area contributed by atoms with Crippen LogP contribution in [0.15, 0.2) is 48.5 Å². The number of hydrogen-bond donors (Lipinski definition) is 0. The van der Waals surface area contributed by atoms with Crippen molar-refractivity contribution in [1.82, 2.24) is 14.7 Å². The monoisotopic (exact) mass is 474 g/mol. The van der Waals surface area contributed by atoms with Crippen LogP contribution in [0.3, 0.4) is 0 Å². The Balaban J connectivity index is 1.22. The molecule has 5 rings (SSSR count). The molecule has 35 heavy (non-hydrogen) atoms. The van der Waals surface area contributed by atoms with E-state index in [4.69, 9.17) is 14.6 Å². The molecule has 3 aromatic rings. The molecule has 2 aliphatic heterocycles. The van der Waals surface area contributed by atoms with Gasteiger partial charge in [-0.3, -0.25) is 14.3 Å². The fraction of sp³-hybridized carbons (Fsp3) is 0.370. The maximum Gasteiger partial charge on any atom is 0.265 e. The number of carbonyl (C=O) groups excluding carboxylic acids is 2. The lowest BCUT2D eigenvalue weighted by Crippen LogP contribution is -2.40. The van der Waals surface area contributed by atoms with Crippen molar-refractivity contribution in [2.24, 2.45) is 0 Å². The standard InChI is InChI=1S/C27H30N4O4/c1-19-6-11-25-24(15-19)30(27(33)18-35-25)13-3-5-26(32)29-12-4-14-31-21(17-29)16-23(28-31)20-7-9-22(34-2)10-8-20/h6-11,15-16H,3-5,12-14,17-18H2,1-2H3. The molecule has 0 atom stereocenters. The molecule has 2 amide bonds. The van der Waals surface area contributed by atoms with E-state index in [-0.39, 0.29) is 18.4 Å². The zero-order valence-corrected chi connectivity index (χ0v) is 20.2. The number of amides is 2.